The second-order valence-corrected chi connectivity index (χ2v) is 6.20. The second kappa shape index (κ2) is 9.21. The number of amidine groups is 1. The van der Waals surface area contributed by atoms with E-state index in [-0.39, 0.29) is 19.2 Å². The van der Waals surface area contributed by atoms with Gasteiger partial charge in [-0.15, -0.1) is 0 Å². The molecule has 0 spiro atoms. The predicted molar refractivity (Wildman–Crippen MR) is 101 cm³/mol. The lowest BCUT2D eigenvalue weighted by molar-refractivity contribution is 0.186. The molecule has 0 bridgehead atoms. The molecule has 0 unspecified atom stereocenters. The van der Waals surface area contributed by atoms with E-state index in [9.17, 15) is 15.3 Å². The minimum atomic E-state index is -0.227. The molecule has 1 heterocycles. The van der Waals surface area contributed by atoms with E-state index in [1.807, 2.05) is 30.2 Å². The number of benzene rings is 1. The number of aliphatic hydroxyl groups is 2. The van der Waals surface area contributed by atoms with Gasteiger partial charge in [0.2, 0.25) is 5.96 Å². The lowest BCUT2D eigenvalue weighted by Gasteiger charge is -2.26. The summed E-state index contributed by atoms with van der Waals surface area (Å²) in [7, 11) is 5.34. The Morgan fingerprint density at radius 1 is 0.962 bits per heavy atom. The molecule has 8 nitrogen and oxygen atoms in total. The summed E-state index contributed by atoms with van der Waals surface area (Å²) in [6.45, 7) is 0.124. The van der Waals surface area contributed by atoms with Gasteiger partial charge in [0.15, 0.2) is 0 Å². The van der Waals surface area contributed by atoms with E-state index in [2.05, 4.69) is 9.98 Å². The van der Waals surface area contributed by atoms with Gasteiger partial charge in [-0.25, -0.2) is 0 Å². The van der Waals surface area contributed by atoms with Gasteiger partial charge >= 0.3 is 0 Å². The number of phenolic OH excluding ortho intramolecular Hbond substituents is 1. The van der Waals surface area contributed by atoms with Crippen LogP contribution in [0.1, 0.15) is 18.4 Å². The van der Waals surface area contributed by atoms with Gasteiger partial charge in [0.05, 0.1) is 0 Å². The number of aromatic hydroxyl groups is 1. The van der Waals surface area contributed by atoms with Gasteiger partial charge in [0.1, 0.15) is 30.9 Å². The SMILES string of the molecule is CN(CO)C1=NC(N(C)CO)=N/C(N(C)Cc2ccccc2O)=C\CC1. The van der Waals surface area contributed by atoms with E-state index in [0.29, 0.717) is 37.0 Å². The summed E-state index contributed by atoms with van der Waals surface area (Å²) in [5, 5.41) is 28.8. The fraction of sp³-hybridized carbons (Fsp3) is 0.444. The minimum Gasteiger partial charge on any atom is -0.508 e. The summed E-state index contributed by atoms with van der Waals surface area (Å²) in [6, 6.07) is 7.19. The monoisotopic (exact) mass is 361 g/mol. The van der Waals surface area contributed by atoms with Crippen molar-refractivity contribution in [3.05, 3.63) is 41.7 Å². The molecule has 8 heteroatoms. The summed E-state index contributed by atoms with van der Waals surface area (Å²) >= 11 is 0. The van der Waals surface area contributed by atoms with Crippen LogP contribution in [-0.4, -0.2) is 76.4 Å². The van der Waals surface area contributed by atoms with Crippen molar-refractivity contribution in [1.82, 2.24) is 14.7 Å². The van der Waals surface area contributed by atoms with Gasteiger partial charge in [-0.2, -0.15) is 9.98 Å². The first-order chi connectivity index (χ1) is 12.5. The van der Waals surface area contributed by atoms with Crippen molar-refractivity contribution in [2.24, 2.45) is 9.98 Å². The molecule has 3 N–H and O–H groups in total. The van der Waals surface area contributed by atoms with Crippen molar-refractivity contribution in [3.63, 3.8) is 0 Å². The highest BCUT2D eigenvalue weighted by Gasteiger charge is 2.16. The third-order valence-corrected chi connectivity index (χ3v) is 4.14. The Kier molecular flexibility index (Phi) is 6.99. The molecule has 0 fully saturated rings. The number of rotatable bonds is 5. The predicted octanol–water partition coefficient (Wildman–Crippen LogP) is 0.977. The van der Waals surface area contributed by atoms with Crippen LogP contribution in [0, 0.1) is 0 Å². The third kappa shape index (κ3) is 4.96. The van der Waals surface area contributed by atoms with E-state index in [4.69, 9.17) is 0 Å². The molecule has 142 valence electrons. The van der Waals surface area contributed by atoms with Gasteiger partial charge < -0.3 is 30.0 Å². The number of allylic oxidation sites excluding steroid dienone is 1. The zero-order chi connectivity index (χ0) is 19.1. The Hall–Kier alpha value is -2.58. The summed E-state index contributed by atoms with van der Waals surface area (Å²) in [6.07, 6.45) is 3.34. The molecular formula is C18H27N5O3. The highest BCUT2D eigenvalue weighted by atomic mass is 16.3. The Bertz CT molecular complexity index is 702. The van der Waals surface area contributed by atoms with E-state index in [1.54, 1.807) is 31.1 Å². The molecular weight excluding hydrogens is 334 g/mol. The van der Waals surface area contributed by atoms with Gasteiger partial charge in [-0.3, -0.25) is 0 Å². The van der Waals surface area contributed by atoms with Crippen molar-refractivity contribution in [3.8, 4) is 5.75 Å². The summed E-state index contributed by atoms with van der Waals surface area (Å²) in [5.41, 5.74) is 0.800. The Morgan fingerprint density at radius 2 is 1.65 bits per heavy atom. The van der Waals surface area contributed by atoms with Gasteiger partial charge in [-0.05, 0) is 18.6 Å². The number of para-hydroxylation sites is 1. The first kappa shape index (κ1) is 19.7. The van der Waals surface area contributed by atoms with Crippen molar-refractivity contribution in [2.75, 3.05) is 34.6 Å². The highest BCUT2D eigenvalue weighted by Crippen LogP contribution is 2.21. The zero-order valence-corrected chi connectivity index (χ0v) is 15.5. The number of guanidine groups is 1. The molecule has 0 atom stereocenters. The average molecular weight is 361 g/mol. The largest absolute Gasteiger partial charge is 0.508 e. The normalized spacial score (nSPS) is 16.6. The molecule has 0 aliphatic carbocycles. The van der Waals surface area contributed by atoms with Gasteiger partial charge in [-0.1, -0.05) is 18.2 Å². The molecule has 1 aliphatic heterocycles. The molecule has 26 heavy (non-hydrogen) atoms. The molecule has 0 saturated heterocycles. The average Bonchev–Trinajstić information content (AvgIpc) is 2.62. The van der Waals surface area contributed by atoms with Crippen LogP contribution < -0.4 is 0 Å². The number of aliphatic hydroxyl groups excluding tert-OH is 2. The van der Waals surface area contributed by atoms with Crippen LogP contribution in [0.25, 0.3) is 0 Å². The van der Waals surface area contributed by atoms with Crippen molar-refractivity contribution in [2.45, 2.75) is 19.4 Å². The first-order valence-electron chi connectivity index (χ1n) is 8.44. The zero-order valence-electron chi connectivity index (χ0n) is 15.5. The number of phenols is 1. The number of hydrogen-bond acceptors (Lipinski definition) is 8. The Labute approximate surface area is 154 Å². The standard InChI is InChI=1S/C18H27N5O3/c1-21(11-14-7-4-5-8-15(14)26)16-9-6-10-17(22(2)12-24)20-18(19-16)23(3)13-25/h4-5,7-9,24-26H,6,10-13H2,1-3H3/b16-9+,19-18?,20-17?. The second-order valence-electron chi connectivity index (χ2n) is 6.20. The van der Waals surface area contributed by atoms with Crippen LogP contribution >= 0.6 is 0 Å². The Morgan fingerprint density at radius 3 is 2.31 bits per heavy atom. The molecule has 1 aliphatic rings. The molecule has 1 aromatic carbocycles. The third-order valence-electron chi connectivity index (χ3n) is 4.14. The first-order valence-corrected chi connectivity index (χ1v) is 8.44. The van der Waals surface area contributed by atoms with Crippen molar-refractivity contribution >= 4 is 11.8 Å². The highest BCUT2D eigenvalue weighted by molar-refractivity contribution is 5.96. The lowest BCUT2D eigenvalue weighted by atomic mass is 10.2. The molecule has 0 amide bonds. The van der Waals surface area contributed by atoms with Crippen LogP contribution in [0.3, 0.4) is 0 Å². The maximum Gasteiger partial charge on any atom is 0.230 e. The number of nitrogens with zero attached hydrogens (tertiary/aromatic N) is 5. The van der Waals surface area contributed by atoms with Crippen LogP contribution in [0.4, 0.5) is 0 Å². The summed E-state index contributed by atoms with van der Waals surface area (Å²) < 4.78 is 0. The fourth-order valence-corrected chi connectivity index (χ4v) is 2.49. The van der Waals surface area contributed by atoms with Gasteiger partial charge in [0, 0.05) is 39.7 Å². The van der Waals surface area contributed by atoms with Crippen LogP contribution in [0.5, 0.6) is 5.75 Å². The maximum atomic E-state index is 9.99. The Balaban J connectivity index is 2.30. The number of aliphatic imine (C=N–C) groups is 2. The van der Waals surface area contributed by atoms with Crippen LogP contribution in [0.2, 0.25) is 0 Å². The van der Waals surface area contributed by atoms with Gasteiger partial charge in [0.25, 0.3) is 0 Å². The van der Waals surface area contributed by atoms with Crippen molar-refractivity contribution < 1.29 is 15.3 Å². The smallest absolute Gasteiger partial charge is 0.230 e. The number of hydrogen-bond donors (Lipinski definition) is 3. The summed E-state index contributed by atoms with van der Waals surface area (Å²) in [4.78, 5) is 14.2. The topological polar surface area (TPSA) is 95.1 Å². The molecule has 2 rings (SSSR count). The van der Waals surface area contributed by atoms with Crippen LogP contribution in [0.15, 0.2) is 46.1 Å². The maximum absolute atomic E-state index is 9.99. The molecule has 0 saturated carbocycles. The molecule has 1 aromatic rings. The lowest BCUT2D eigenvalue weighted by Crippen LogP contribution is -2.34. The quantitative estimate of drug-likeness (QED) is 0.677. The summed E-state index contributed by atoms with van der Waals surface area (Å²) in [5.74, 6) is 2.01. The van der Waals surface area contributed by atoms with Crippen LogP contribution in [-0.2, 0) is 6.54 Å². The molecule has 0 aromatic heterocycles. The van der Waals surface area contributed by atoms with E-state index in [1.165, 1.54) is 4.90 Å². The molecule has 0 radical (unpaired) electrons. The van der Waals surface area contributed by atoms with E-state index in [0.717, 1.165) is 5.56 Å². The minimum absolute atomic E-state index is 0.140. The van der Waals surface area contributed by atoms with Crippen molar-refractivity contribution in [1.29, 1.82) is 0 Å². The van der Waals surface area contributed by atoms with E-state index >= 15 is 0 Å². The fourth-order valence-electron chi connectivity index (χ4n) is 2.49. The van der Waals surface area contributed by atoms with E-state index < -0.39 is 0 Å².